The van der Waals surface area contributed by atoms with E-state index in [1.807, 2.05) is 0 Å². The quantitative estimate of drug-likeness (QED) is 0.745. The highest BCUT2D eigenvalue weighted by Crippen LogP contribution is 2.24. The summed E-state index contributed by atoms with van der Waals surface area (Å²) in [7, 11) is 4.12. The van der Waals surface area contributed by atoms with E-state index in [0.29, 0.717) is 0 Å². The van der Waals surface area contributed by atoms with Crippen molar-refractivity contribution >= 4 is 5.69 Å². The first-order valence-corrected chi connectivity index (χ1v) is 5.93. The first kappa shape index (κ1) is 11.7. The summed E-state index contributed by atoms with van der Waals surface area (Å²) in [5, 5.41) is 0. The number of anilines is 1. The highest BCUT2D eigenvalue weighted by atomic mass is 15.1. The van der Waals surface area contributed by atoms with Gasteiger partial charge in [0.15, 0.2) is 0 Å². The van der Waals surface area contributed by atoms with Gasteiger partial charge in [0.05, 0.1) is 0 Å². The highest BCUT2D eigenvalue weighted by Gasteiger charge is 2.00. The molecule has 2 rings (SSSR count). The second-order valence-electron chi connectivity index (χ2n) is 4.74. The molecule has 0 atom stereocenters. The maximum Gasteiger partial charge on any atom is 0.0361 e. The number of hydrogen-bond acceptors (Lipinski definition) is 1. The zero-order chi connectivity index (χ0) is 12.4. The van der Waals surface area contributed by atoms with E-state index in [4.69, 9.17) is 0 Å². The van der Waals surface area contributed by atoms with Crippen molar-refractivity contribution in [2.24, 2.45) is 0 Å². The Morgan fingerprint density at radius 1 is 0.706 bits per heavy atom. The molecule has 1 nitrogen and oxygen atoms in total. The SMILES string of the molecule is Cc1ccc(-c2ccc(N(C)C)cc2)cc1C. The van der Waals surface area contributed by atoms with Crippen molar-refractivity contribution in [2.45, 2.75) is 13.8 Å². The van der Waals surface area contributed by atoms with Crippen LogP contribution >= 0.6 is 0 Å². The van der Waals surface area contributed by atoms with Gasteiger partial charge >= 0.3 is 0 Å². The molecule has 0 fully saturated rings. The Morgan fingerprint density at radius 3 is 1.82 bits per heavy atom. The van der Waals surface area contributed by atoms with Crippen LogP contribution in [0, 0.1) is 13.8 Å². The van der Waals surface area contributed by atoms with Crippen molar-refractivity contribution in [3.8, 4) is 11.1 Å². The van der Waals surface area contributed by atoms with Crippen molar-refractivity contribution in [1.82, 2.24) is 0 Å². The summed E-state index contributed by atoms with van der Waals surface area (Å²) < 4.78 is 0. The van der Waals surface area contributed by atoms with E-state index < -0.39 is 0 Å². The van der Waals surface area contributed by atoms with Gasteiger partial charge in [0.2, 0.25) is 0 Å². The number of rotatable bonds is 2. The van der Waals surface area contributed by atoms with Crippen LogP contribution in [0.15, 0.2) is 42.5 Å². The Morgan fingerprint density at radius 2 is 1.29 bits per heavy atom. The molecule has 0 aliphatic heterocycles. The van der Waals surface area contributed by atoms with Gasteiger partial charge in [-0.05, 0) is 48.2 Å². The maximum atomic E-state index is 2.25. The minimum absolute atomic E-state index is 1.23. The van der Waals surface area contributed by atoms with Crippen molar-refractivity contribution in [3.63, 3.8) is 0 Å². The lowest BCUT2D eigenvalue weighted by atomic mass is 10.0. The smallest absolute Gasteiger partial charge is 0.0361 e. The molecule has 0 amide bonds. The van der Waals surface area contributed by atoms with Crippen molar-refractivity contribution < 1.29 is 0 Å². The average molecular weight is 225 g/mol. The Kier molecular flexibility index (Phi) is 3.19. The first-order chi connectivity index (χ1) is 8.08. The lowest BCUT2D eigenvalue weighted by molar-refractivity contribution is 1.13. The van der Waals surface area contributed by atoms with Gasteiger partial charge in [-0.1, -0.05) is 30.3 Å². The van der Waals surface area contributed by atoms with Gasteiger partial charge in [0.25, 0.3) is 0 Å². The van der Waals surface area contributed by atoms with Gasteiger partial charge in [-0.15, -0.1) is 0 Å². The lowest BCUT2D eigenvalue weighted by Gasteiger charge is -2.13. The third-order valence-corrected chi connectivity index (χ3v) is 3.22. The molecule has 0 spiro atoms. The molecule has 0 N–H and O–H groups in total. The van der Waals surface area contributed by atoms with Crippen molar-refractivity contribution in [2.75, 3.05) is 19.0 Å². The van der Waals surface area contributed by atoms with Crippen LogP contribution in [-0.2, 0) is 0 Å². The fraction of sp³-hybridized carbons (Fsp3) is 0.250. The normalized spacial score (nSPS) is 10.4. The van der Waals surface area contributed by atoms with Crippen LogP contribution in [0.25, 0.3) is 11.1 Å². The zero-order valence-electron chi connectivity index (χ0n) is 11.0. The minimum Gasteiger partial charge on any atom is -0.378 e. The molecule has 1 heteroatoms. The van der Waals surface area contributed by atoms with Crippen LogP contribution in [0.1, 0.15) is 11.1 Å². The molecular formula is C16H19N. The third kappa shape index (κ3) is 2.50. The van der Waals surface area contributed by atoms with Crippen LogP contribution in [0.3, 0.4) is 0 Å². The third-order valence-electron chi connectivity index (χ3n) is 3.22. The van der Waals surface area contributed by atoms with Crippen LogP contribution < -0.4 is 4.90 Å². The number of aryl methyl sites for hydroxylation is 2. The Bertz CT molecular complexity index is 510. The predicted molar refractivity (Wildman–Crippen MR) is 75.7 cm³/mol. The Labute approximate surface area is 104 Å². The summed E-state index contributed by atoms with van der Waals surface area (Å²) in [6, 6.07) is 15.3. The molecule has 0 aromatic heterocycles. The average Bonchev–Trinajstić information content (AvgIpc) is 2.33. The molecule has 0 saturated heterocycles. The van der Waals surface area contributed by atoms with E-state index in [2.05, 4.69) is 75.3 Å². The van der Waals surface area contributed by atoms with E-state index in [1.165, 1.54) is 27.9 Å². The molecule has 17 heavy (non-hydrogen) atoms. The maximum absolute atomic E-state index is 2.25. The monoisotopic (exact) mass is 225 g/mol. The highest BCUT2D eigenvalue weighted by molar-refractivity contribution is 5.67. The van der Waals surface area contributed by atoms with E-state index >= 15 is 0 Å². The van der Waals surface area contributed by atoms with Crippen LogP contribution in [0.5, 0.6) is 0 Å². The minimum atomic E-state index is 1.23. The van der Waals surface area contributed by atoms with Crippen LogP contribution in [0.2, 0.25) is 0 Å². The van der Waals surface area contributed by atoms with Crippen LogP contribution in [0.4, 0.5) is 5.69 Å². The number of nitrogens with zero attached hydrogens (tertiary/aromatic N) is 1. The number of benzene rings is 2. The standard InChI is InChI=1S/C16H19N/c1-12-5-6-15(11-13(12)2)14-7-9-16(10-8-14)17(3)4/h5-11H,1-4H3. The van der Waals surface area contributed by atoms with Gasteiger partial charge in [0, 0.05) is 19.8 Å². The fourth-order valence-electron chi connectivity index (χ4n) is 1.87. The molecular weight excluding hydrogens is 206 g/mol. The zero-order valence-corrected chi connectivity index (χ0v) is 11.0. The van der Waals surface area contributed by atoms with Gasteiger partial charge in [-0.2, -0.15) is 0 Å². The van der Waals surface area contributed by atoms with Gasteiger partial charge in [0.1, 0.15) is 0 Å². The summed E-state index contributed by atoms with van der Waals surface area (Å²) in [6.07, 6.45) is 0. The first-order valence-electron chi connectivity index (χ1n) is 5.93. The second-order valence-corrected chi connectivity index (χ2v) is 4.74. The molecule has 0 saturated carbocycles. The molecule has 0 heterocycles. The summed E-state index contributed by atoms with van der Waals surface area (Å²) in [4.78, 5) is 2.12. The van der Waals surface area contributed by atoms with Gasteiger partial charge < -0.3 is 4.90 Å². The Hall–Kier alpha value is -1.76. The molecule has 0 aliphatic rings. The summed E-state index contributed by atoms with van der Waals surface area (Å²) >= 11 is 0. The molecule has 0 unspecified atom stereocenters. The van der Waals surface area contributed by atoms with E-state index in [0.717, 1.165) is 0 Å². The van der Waals surface area contributed by atoms with Crippen molar-refractivity contribution in [3.05, 3.63) is 53.6 Å². The Balaban J connectivity index is 2.36. The molecule has 0 aliphatic carbocycles. The van der Waals surface area contributed by atoms with Gasteiger partial charge in [-0.25, -0.2) is 0 Å². The van der Waals surface area contributed by atoms with Crippen molar-refractivity contribution in [1.29, 1.82) is 0 Å². The molecule has 88 valence electrons. The topological polar surface area (TPSA) is 3.24 Å². The second kappa shape index (κ2) is 4.62. The molecule has 0 radical (unpaired) electrons. The molecule has 2 aromatic carbocycles. The number of hydrogen-bond donors (Lipinski definition) is 0. The largest absolute Gasteiger partial charge is 0.378 e. The van der Waals surface area contributed by atoms with Crippen LogP contribution in [-0.4, -0.2) is 14.1 Å². The summed E-state index contributed by atoms with van der Waals surface area (Å²) in [5.41, 5.74) is 6.49. The lowest BCUT2D eigenvalue weighted by Crippen LogP contribution is -2.07. The fourth-order valence-corrected chi connectivity index (χ4v) is 1.87. The molecule has 2 aromatic rings. The predicted octanol–water partition coefficient (Wildman–Crippen LogP) is 4.04. The van der Waals surface area contributed by atoms with E-state index in [1.54, 1.807) is 0 Å². The van der Waals surface area contributed by atoms with E-state index in [9.17, 15) is 0 Å². The molecule has 0 bridgehead atoms. The van der Waals surface area contributed by atoms with E-state index in [-0.39, 0.29) is 0 Å². The summed E-state index contributed by atoms with van der Waals surface area (Å²) in [5.74, 6) is 0. The van der Waals surface area contributed by atoms with Gasteiger partial charge in [-0.3, -0.25) is 0 Å². The summed E-state index contributed by atoms with van der Waals surface area (Å²) in [6.45, 7) is 4.31.